The number of pyridine rings is 1. The van der Waals surface area contributed by atoms with Gasteiger partial charge in [-0.15, -0.1) is 0 Å². The molecule has 10 heteroatoms. The van der Waals surface area contributed by atoms with E-state index in [0.29, 0.717) is 38.2 Å². The Morgan fingerprint density at radius 3 is 2.30 bits per heavy atom. The fourth-order valence-electron chi connectivity index (χ4n) is 6.21. The smallest absolute Gasteiger partial charge is 0.407 e. The molecule has 1 heterocycles. The fourth-order valence-corrected chi connectivity index (χ4v) is 6.21. The van der Waals surface area contributed by atoms with Gasteiger partial charge in [0.1, 0.15) is 18.0 Å². The number of aliphatic hydroxyl groups is 2. The number of hydrogen-bond donors (Lipinski definition) is 5. The van der Waals surface area contributed by atoms with Crippen molar-refractivity contribution in [2.75, 3.05) is 18.5 Å². The van der Waals surface area contributed by atoms with Crippen LogP contribution in [0, 0.1) is 5.92 Å². The van der Waals surface area contributed by atoms with Crippen molar-refractivity contribution in [3.63, 3.8) is 0 Å². The fraction of sp³-hybridized carbons (Fsp3) is 0.375. The molecule has 4 aromatic rings. The first-order valence-electron chi connectivity index (χ1n) is 17.2. The van der Waals surface area contributed by atoms with Crippen molar-refractivity contribution in [2.45, 2.75) is 76.3 Å². The van der Waals surface area contributed by atoms with Gasteiger partial charge in [0.2, 0.25) is 5.91 Å². The summed E-state index contributed by atoms with van der Waals surface area (Å²) in [4.78, 5) is 31.0. The number of carbonyl (C=O) groups is 2. The molecule has 0 radical (unpaired) electrons. The Balaban J connectivity index is 1.30. The first-order chi connectivity index (χ1) is 24.0. The molecule has 0 aliphatic heterocycles. The van der Waals surface area contributed by atoms with E-state index in [4.69, 9.17) is 9.47 Å². The van der Waals surface area contributed by atoms with E-state index in [0.717, 1.165) is 27.9 Å². The van der Waals surface area contributed by atoms with E-state index in [9.17, 15) is 19.8 Å². The Morgan fingerprint density at radius 2 is 1.58 bits per heavy atom. The summed E-state index contributed by atoms with van der Waals surface area (Å²) in [6.45, 7) is 6.41. The maximum atomic E-state index is 14.1. The van der Waals surface area contributed by atoms with Gasteiger partial charge in [-0.05, 0) is 86.6 Å². The number of alkyl carbamates (subject to hydrolysis) is 1. The molecule has 0 saturated carbocycles. The number of carbonyl (C=O) groups excluding carboxylic acids is 2. The molecule has 0 bridgehead atoms. The summed E-state index contributed by atoms with van der Waals surface area (Å²) in [5.41, 5.74) is 3.93. The SMILES string of the molecule is CC(C)(C)OC(=O)NC(Cc1ccccc1)C(O)CC(Cc1ccc(OCCNc2ccncc2)cc1)C(=O)NC1c2ccccc2CC1O. The second-order valence-electron chi connectivity index (χ2n) is 13.8. The zero-order valence-electron chi connectivity index (χ0n) is 28.9. The van der Waals surface area contributed by atoms with E-state index in [1.807, 2.05) is 91.0 Å². The second-order valence-corrected chi connectivity index (χ2v) is 13.8. The number of aliphatic hydroxyl groups excluding tert-OH is 2. The molecule has 3 aromatic carbocycles. The highest BCUT2D eigenvalue weighted by Crippen LogP contribution is 2.32. The Morgan fingerprint density at radius 1 is 0.900 bits per heavy atom. The minimum Gasteiger partial charge on any atom is -0.492 e. The lowest BCUT2D eigenvalue weighted by atomic mass is 9.88. The summed E-state index contributed by atoms with van der Waals surface area (Å²) in [6, 6.07) is 27.3. The van der Waals surface area contributed by atoms with Gasteiger partial charge in [0.25, 0.3) is 0 Å². The van der Waals surface area contributed by atoms with Crippen molar-refractivity contribution in [1.29, 1.82) is 0 Å². The van der Waals surface area contributed by atoms with Crippen LogP contribution in [0.25, 0.3) is 0 Å². The Hall–Kier alpha value is -4.93. The normalized spacial score (nSPS) is 17.1. The van der Waals surface area contributed by atoms with Crippen LogP contribution in [0.5, 0.6) is 5.75 Å². The van der Waals surface area contributed by atoms with Gasteiger partial charge in [-0.3, -0.25) is 9.78 Å². The third-order valence-electron chi connectivity index (χ3n) is 8.65. The quantitative estimate of drug-likeness (QED) is 0.105. The molecule has 5 atom stereocenters. The maximum absolute atomic E-state index is 14.1. The number of hydrogen-bond acceptors (Lipinski definition) is 8. The number of anilines is 1. The molecular formula is C40H48N4O6. The monoisotopic (exact) mass is 680 g/mol. The molecule has 0 spiro atoms. The highest BCUT2D eigenvalue weighted by Gasteiger charge is 2.35. The summed E-state index contributed by atoms with van der Waals surface area (Å²) >= 11 is 0. The summed E-state index contributed by atoms with van der Waals surface area (Å²) in [5.74, 6) is -0.274. The molecule has 50 heavy (non-hydrogen) atoms. The largest absolute Gasteiger partial charge is 0.492 e. The first-order valence-corrected chi connectivity index (χ1v) is 17.2. The first kappa shape index (κ1) is 36.4. The molecule has 0 fully saturated rings. The van der Waals surface area contributed by atoms with Gasteiger partial charge in [-0.1, -0.05) is 66.7 Å². The zero-order chi connectivity index (χ0) is 35.5. The molecule has 264 valence electrons. The van der Waals surface area contributed by atoms with Crippen molar-refractivity contribution < 1.29 is 29.3 Å². The molecule has 5 unspecified atom stereocenters. The zero-order valence-corrected chi connectivity index (χ0v) is 28.9. The molecule has 5 N–H and O–H groups in total. The van der Waals surface area contributed by atoms with Crippen LogP contribution in [-0.4, -0.2) is 64.2 Å². The van der Waals surface area contributed by atoms with E-state index >= 15 is 0 Å². The molecule has 1 aliphatic rings. The lowest BCUT2D eigenvalue weighted by Gasteiger charge is -2.29. The van der Waals surface area contributed by atoms with Crippen LogP contribution >= 0.6 is 0 Å². The molecule has 0 saturated heterocycles. The number of ether oxygens (including phenoxy) is 2. The van der Waals surface area contributed by atoms with Crippen LogP contribution in [-0.2, 0) is 28.8 Å². The highest BCUT2D eigenvalue weighted by atomic mass is 16.6. The third kappa shape index (κ3) is 10.8. The number of nitrogens with one attached hydrogen (secondary N) is 3. The summed E-state index contributed by atoms with van der Waals surface area (Å²) in [7, 11) is 0. The number of aromatic nitrogens is 1. The molecule has 2 amide bonds. The van der Waals surface area contributed by atoms with Crippen LogP contribution in [0.15, 0.2) is 103 Å². The van der Waals surface area contributed by atoms with E-state index < -0.39 is 41.9 Å². The van der Waals surface area contributed by atoms with Crippen LogP contribution in [0.4, 0.5) is 10.5 Å². The van der Waals surface area contributed by atoms with Crippen LogP contribution < -0.4 is 20.7 Å². The lowest BCUT2D eigenvalue weighted by Crippen LogP contribution is -2.48. The molecular weight excluding hydrogens is 632 g/mol. The number of benzene rings is 3. The molecule has 5 rings (SSSR count). The minimum absolute atomic E-state index is 0.0581. The standard InChI is InChI=1S/C40H48N4O6/c1-40(2,3)50-39(48)43-34(24-27-9-5-4-6-10-27)35(45)26-30(38(47)44-37-33-12-8-7-11-29(33)25-36(37)46)23-28-13-15-32(16-14-28)49-22-21-42-31-17-19-41-20-18-31/h4-20,30,34-37,45-46H,21-26H2,1-3H3,(H,41,42)(H,43,48)(H,44,47). The van der Waals surface area contributed by atoms with E-state index in [1.54, 1.807) is 33.2 Å². The Labute approximate surface area is 294 Å². The van der Waals surface area contributed by atoms with Gasteiger partial charge in [-0.25, -0.2) is 4.79 Å². The number of nitrogens with zero attached hydrogens (tertiary/aromatic N) is 1. The highest BCUT2D eigenvalue weighted by molar-refractivity contribution is 5.80. The molecule has 1 aromatic heterocycles. The molecule has 1 aliphatic carbocycles. The van der Waals surface area contributed by atoms with Gasteiger partial charge >= 0.3 is 6.09 Å². The van der Waals surface area contributed by atoms with Gasteiger partial charge in [0, 0.05) is 37.0 Å². The van der Waals surface area contributed by atoms with Gasteiger partial charge < -0.3 is 35.6 Å². The average molecular weight is 681 g/mol. The van der Waals surface area contributed by atoms with Crippen LogP contribution in [0.3, 0.4) is 0 Å². The summed E-state index contributed by atoms with van der Waals surface area (Å²) < 4.78 is 11.4. The summed E-state index contributed by atoms with van der Waals surface area (Å²) in [5, 5.41) is 31.8. The topological polar surface area (TPSA) is 142 Å². The van der Waals surface area contributed by atoms with Crippen molar-refractivity contribution in [3.8, 4) is 5.75 Å². The Kier molecular flexibility index (Phi) is 12.5. The average Bonchev–Trinajstić information content (AvgIpc) is 3.41. The number of rotatable bonds is 15. The van der Waals surface area contributed by atoms with Crippen molar-refractivity contribution in [2.24, 2.45) is 5.92 Å². The van der Waals surface area contributed by atoms with Crippen LogP contribution in [0.2, 0.25) is 0 Å². The van der Waals surface area contributed by atoms with E-state index in [1.165, 1.54) is 0 Å². The van der Waals surface area contributed by atoms with Gasteiger partial charge in [0.15, 0.2) is 0 Å². The van der Waals surface area contributed by atoms with Gasteiger partial charge in [0.05, 0.1) is 24.3 Å². The maximum Gasteiger partial charge on any atom is 0.407 e. The number of fused-ring (bicyclic) bond motifs is 1. The third-order valence-corrected chi connectivity index (χ3v) is 8.65. The van der Waals surface area contributed by atoms with E-state index in [-0.39, 0.29) is 12.3 Å². The Bertz CT molecular complexity index is 1660. The van der Waals surface area contributed by atoms with E-state index in [2.05, 4.69) is 20.9 Å². The minimum atomic E-state index is -1.09. The van der Waals surface area contributed by atoms with Crippen molar-refractivity contribution in [3.05, 3.63) is 126 Å². The van der Waals surface area contributed by atoms with Gasteiger partial charge in [-0.2, -0.15) is 0 Å². The summed E-state index contributed by atoms with van der Waals surface area (Å²) in [6.07, 6.45) is 2.13. The number of amides is 2. The lowest BCUT2D eigenvalue weighted by molar-refractivity contribution is -0.127. The van der Waals surface area contributed by atoms with Crippen LogP contribution in [0.1, 0.15) is 55.5 Å². The van der Waals surface area contributed by atoms with Crippen molar-refractivity contribution in [1.82, 2.24) is 15.6 Å². The predicted molar refractivity (Wildman–Crippen MR) is 193 cm³/mol. The molecule has 10 nitrogen and oxygen atoms in total. The second kappa shape index (κ2) is 17.1. The van der Waals surface area contributed by atoms with Crippen molar-refractivity contribution >= 4 is 17.7 Å². The predicted octanol–water partition coefficient (Wildman–Crippen LogP) is 5.39.